The summed E-state index contributed by atoms with van der Waals surface area (Å²) >= 11 is 0. The molecule has 1 aromatic rings. The van der Waals surface area contributed by atoms with E-state index >= 15 is 0 Å². The molecule has 3 atom stereocenters. The minimum atomic E-state index is -0.965. The second kappa shape index (κ2) is 5.27. The van der Waals surface area contributed by atoms with Gasteiger partial charge in [0.1, 0.15) is 6.04 Å². The van der Waals surface area contributed by atoms with E-state index < -0.39 is 12.0 Å². The summed E-state index contributed by atoms with van der Waals surface area (Å²) in [6.07, 6.45) is 3.80. The molecule has 2 saturated carbocycles. The Labute approximate surface area is 118 Å². The molecule has 2 aliphatic carbocycles. The molecule has 1 amide bonds. The molecule has 2 fully saturated rings. The molecule has 0 radical (unpaired) electrons. The maximum Gasteiger partial charge on any atom is 0.326 e. The number of hydrogen-bond acceptors (Lipinski definition) is 2. The number of carboxylic acids is 1. The summed E-state index contributed by atoms with van der Waals surface area (Å²) in [5, 5.41) is 12.0. The number of carbonyl (C=O) groups excluding carboxylic acids is 1. The van der Waals surface area contributed by atoms with Crippen LogP contribution in [0.2, 0.25) is 0 Å². The number of fused-ring (bicyclic) bond motifs is 1. The largest absolute Gasteiger partial charge is 0.480 e. The van der Waals surface area contributed by atoms with Crippen molar-refractivity contribution in [1.29, 1.82) is 0 Å². The first-order chi connectivity index (χ1) is 9.66. The average molecular weight is 273 g/mol. The summed E-state index contributed by atoms with van der Waals surface area (Å²) in [7, 11) is 0. The van der Waals surface area contributed by atoms with E-state index in [1.54, 1.807) is 0 Å². The number of carboxylic acid groups (broad SMARTS) is 1. The monoisotopic (exact) mass is 273 g/mol. The van der Waals surface area contributed by atoms with Gasteiger partial charge in [0.25, 0.3) is 0 Å². The highest BCUT2D eigenvalue weighted by Gasteiger charge is 2.56. The van der Waals surface area contributed by atoms with Crippen LogP contribution in [0.25, 0.3) is 0 Å². The summed E-state index contributed by atoms with van der Waals surface area (Å²) in [4.78, 5) is 23.5. The molecule has 0 spiro atoms. The standard InChI is InChI=1S/C16H19NO3/c18-15(14-11-7-4-8-12(11)14)17-13(16(19)20)9-10-5-2-1-3-6-10/h1-3,5-6,11-14H,4,7-9H2,(H,17,18)(H,19,20)/t11?,12?,13-,14?/m0/s1. The predicted molar refractivity (Wildman–Crippen MR) is 74.0 cm³/mol. The van der Waals surface area contributed by atoms with Crippen LogP contribution in [0.4, 0.5) is 0 Å². The second-order valence-corrected chi connectivity index (χ2v) is 5.87. The van der Waals surface area contributed by atoms with Gasteiger partial charge < -0.3 is 10.4 Å². The van der Waals surface area contributed by atoms with Crippen molar-refractivity contribution in [3.8, 4) is 0 Å². The molecule has 0 saturated heterocycles. The molecule has 3 rings (SSSR count). The highest BCUT2D eigenvalue weighted by atomic mass is 16.4. The van der Waals surface area contributed by atoms with E-state index in [0.29, 0.717) is 18.3 Å². The van der Waals surface area contributed by atoms with Crippen molar-refractivity contribution in [2.75, 3.05) is 0 Å². The quantitative estimate of drug-likeness (QED) is 0.860. The zero-order valence-electron chi connectivity index (χ0n) is 11.3. The van der Waals surface area contributed by atoms with Gasteiger partial charge in [0.15, 0.2) is 0 Å². The normalized spacial score (nSPS) is 28.5. The van der Waals surface area contributed by atoms with Crippen LogP contribution >= 0.6 is 0 Å². The van der Waals surface area contributed by atoms with Crippen molar-refractivity contribution >= 4 is 11.9 Å². The van der Waals surface area contributed by atoms with Crippen molar-refractivity contribution < 1.29 is 14.7 Å². The number of hydrogen-bond donors (Lipinski definition) is 2. The third kappa shape index (κ3) is 2.55. The average Bonchev–Trinajstić information content (AvgIpc) is 2.93. The molecule has 106 valence electrons. The maximum absolute atomic E-state index is 12.1. The van der Waals surface area contributed by atoms with Gasteiger partial charge in [-0.25, -0.2) is 4.79 Å². The molecule has 1 aromatic carbocycles. The highest BCUT2D eigenvalue weighted by Crippen LogP contribution is 2.57. The summed E-state index contributed by atoms with van der Waals surface area (Å²) in [6, 6.07) is 8.58. The van der Waals surface area contributed by atoms with Gasteiger partial charge in [-0.2, -0.15) is 0 Å². The molecule has 0 heterocycles. The number of nitrogens with one attached hydrogen (secondary N) is 1. The van der Waals surface area contributed by atoms with E-state index in [2.05, 4.69) is 5.32 Å². The van der Waals surface area contributed by atoms with Gasteiger partial charge in [-0.05, 0) is 30.2 Å². The van der Waals surface area contributed by atoms with Crippen molar-refractivity contribution in [2.24, 2.45) is 17.8 Å². The van der Waals surface area contributed by atoms with E-state index in [1.165, 1.54) is 6.42 Å². The van der Waals surface area contributed by atoms with E-state index in [0.717, 1.165) is 18.4 Å². The number of benzene rings is 1. The first-order valence-electron chi connectivity index (χ1n) is 7.24. The van der Waals surface area contributed by atoms with Crippen LogP contribution in [-0.2, 0) is 16.0 Å². The molecule has 2 N–H and O–H groups in total. The molecule has 0 bridgehead atoms. The van der Waals surface area contributed by atoms with Crippen LogP contribution in [0, 0.1) is 17.8 Å². The number of amides is 1. The maximum atomic E-state index is 12.1. The Balaban J connectivity index is 1.60. The minimum Gasteiger partial charge on any atom is -0.480 e. The summed E-state index contributed by atoms with van der Waals surface area (Å²) in [5.41, 5.74) is 0.927. The number of aliphatic carboxylic acids is 1. The molecule has 2 unspecified atom stereocenters. The molecule has 4 nitrogen and oxygen atoms in total. The lowest BCUT2D eigenvalue weighted by atomic mass is 10.1. The molecule has 0 aromatic heterocycles. The first kappa shape index (κ1) is 13.2. The molecule has 4 heteroatoms. The van der Waals surface area contributed by atoms with Crippen LogP contribution in [0.5, 0.6) is 0 Å². The van der Waals surface area contributed by atoms with Gasteiger partial charge in [0.05, 0.1) is 0 Å². The Morgan fingerprint density at radius 2 is 1.85 bits per heavy atom. The Morgan fingerprint density at radius 1 is 1.20 bits per heavy atom. The van der Waals surface area contributed by atoms with Crippen LogP contribution in [0.1, 0.15) is 24.8 Å². The third-order valence-electron chi connectivity index (χ3n) is 4.61. The SMILES string of the molecule is O=C(N[C@@H](Cc1ccccc1)C(=O)O)C1C2CCCC21. The van der Waals surface area contributed by atoms with Crippen molar-refractivity contribution in [3.63, 3.8) is 0 Å². The lowest BCUT2D eigenvalue weighted by Gasteiger charge is -2.15. The highest BCUT2D eigenvalue weighted by molar-refractivity contribution is 5.87. The molecular formula is C16H19NO3. The topological polar surface area (TPSA) is 66.4 Å². The molecule has 20 heavy (non-hydrogen) atoms. The summed E-state index contributed by atoms with van der Waals surface area (Å²) in [5.74, 6) is 0.0692. The Bertz CT molecular complexity index is 504. The van der Waals surface area contributed by atoms with Gasteiger partial charge in [-0.1, -0.05) is 36.8 Å². The number of rotatable bonds is 5. The third-order valence-corrected chi connectivity index (χ3v) is 4.61. The fourth-order valence-electron chi connectivity index (χ4n) is 3.53. The first-order valence-corrected chi connectivity index (χ1v) is 7.24. The Kier molecular flexibility index (Phi) is 3.47. The summed E-state index contributed by atoms with van der Waals surface area (Å²) < 4.78 is 0. The molecule has 0 aliphatic heterocycles. The Hall–Kier alpha value is -1.84. The van der Waals surface area contributed by atoms with Gasteiger partial charge in [0, 0.05) is 12.3 Å². The van der Waals surface area contributed by atoms with E-state index in [1.807, 2.05) is 30.3 Å². The lowest BCUT2D eigenvalue weighted by molar-refractivity contribution is -0.142. The predicted octanol–water partition coefficient (Wildman–Crippen LogP) is 1.84. The van der Waals surface area contributed by atoms with E-state index in [4.69, 9.17) is 0 Å². The van der Waals surface area contributed by atoms with Gasteiger partial charge in [0.2, 0.25) is 5.91 Å². The minimum absolute atomic E-state index is 0.0666. The second-order valence-electron chi connectivity index (χ2n) is 5.87. The van der Waals surface area contributed by atoms with Gasteiger partial charge >= 0.3 is 5.97 Å². The van der Waals surface area contributed by atoms with E-state index in [-0.39, 0.29) is 11.8 Å². The lowest BCUT2D eigenvalue weighted by Crippen LogP contribution is -2.43. The number of carbonyl (C=O) groups is 2. The zero-order chi connectivity index (χ0) is 14.1. The molecule has 2 aliphatic rings. The van der Waals surface area contributed by atoms with Gasteiger partial charge in [-0.15, -0.1) is 0 Å². The van der Waals surface area contributed by atoms with Crippen LogP contribution in [-0.4, -0.2) is 23.0 Å². The van der Waals surface area contributed by atoms with Crippen molar-refractivity contribution in [1.82, 2.24) is 5.32 Å². The van der Waals surface area contributed by atoms with Crippen LogP contribution < -0.4 is 5.32 Å². The fourth-order valence-corrected chi connectivity index (χ4v) is 3.53. The Morgan fingerprint density at radius 3 is 2.45 bits per heavy atom. The van der Waals surface area contributed by atoms with Crippen molar-refractivity contribution in [3.05, 3.63) is 35.9 Å². The summed E-state index contributed by atoms with van der Waals surface area (Å²) in [6.45, 7) is 0. The van der Waals surface area contributed by atoms with Gasteiger partial charge in [-0.3, -0.25) is 4.79 Å². The van der Waals surface area contributed by atoms with Crippen molar-refractivity contribution in [2.45, 2.75) is 31.7 Å². The molecular weight excluding hydrogens is 254 g/mol. The fraction of sp³-hybridized carbons (Fsp3) is 0.500. The zero-order valence-corrected chi connectivity index (χ0v) is 11.3. The smallest absolute Gasteiger partial charge is 0.326 e. The van der Waals surface area contributed by atoms with Crippen LogP contribution in [0.15, 0.2) is 30.3 Å². The van der Waals surface area contributed by atoms with E-state index in [9.17, 15) is 14.7 Å². The van der Waals surface area contributed by atoms with Crippen LogP contribution in [0.3, 0.4) is 0 Å².